The zero-order chi connectivity index (χ0) is 12.5. The summed E-state index contributed by atoms with van der Waals surface area (Å²) in [5, 5.41) is 6.78. The molecule has 0 radical (unpaired) electrons. The predicted octanol–water partition coefficient (Wildman–Crippen LogP) is -0.0282. The minimum absolute atomic E-state index is 0.414. The summed E-state index contributed by atoms with van der Waals surface area (Å²) < 4.78 is 48.0. The van der Waals surface area contributed by atoms with Crippen LogP contribution in [0.3, 0.4) is 0 Å². The van der Waals surface area contributed by atoms with Crippen molar-refractivity contribution in [3.8, 4) is 0 Å². The van der Waals surface area contributed by atoms with Crippen molar-refractivity contribution in [3.05, 3.63) is 29.3 Å². The van der Waals surface area contributed by atoms with Gasteiger partial charge in [0.05, 0.1) is 10.5 Å². The van der Waals surface area contributed by atoms with Crippen LogP contribution in [0, 0.1) is 11.6 Å². The molecule has 1 rings (SSSR count). The number of nitrogens with one attached hydrogen (secondary N) is 1. The third-order valence-electron chi connectivity index (χ3n) is 1.80. The molecule has 0 heterocycles. The Morgan fingerprint density at radius 3 is 2.38 bits per heavy atom. The third kappa shape index (κ3) is 2.34. The van der Waals surface area contributed by atoms with Crippen LogP contribution in [-0.2, 0) is 10.0 Å². The first-order valence-electron chi connectivity index (χ1n) is 4.01. The second-order valence-corrected chi connectivity index (χ2v) is 4.45. The standard InChI is InChI=1S/C8H8F2N2O3S/c1-12-8(13)5-2-4(16(11,14)15)3-6(9)7(5)10/h2-3H,1H3,(H,12,13)(H2,11,14,15). The van der Waals surface area contributed by atoms with Gasteiger partial charge in [-0.1, -0.05) is 0 Å². The first-order chi connectivity index (χ1) is 7.27. The molecular formula is C8H8F2N2O3S. The van der Waals surface area contributed by atoms with Gasteiger partial charge in [0.2, 0.25) is 10.0 Å². The molecule has 0 atom stereocenters. The van der Waals surface area contributed by atoms with Crippen LogP contribution in [0.4, 0.5) is 8.78 Å². The number of nitrogens with two attached hydrogens (primary N) is 1. The average molecular weight is 250 g/mol. The zero-order valence-corrected chi connectivity index (χ0v) is 8.94. The highest BCUT2D eigenvalue weighted by Crippen LogP contribution is 2.17. The maximum atomic E-state index is 13.1. The highest BCUT2D eigenvalue weighted by atomic mass is 32.2. The van der Waals surface area contributed by atoms with Crippen LogP contribution in [0.15, 0.2) is 17.0 Å². The Morgan fingerprint density at radius 2 is 1.94 bits per heavy atom. The molecule has 0 aliphatic rings. The van der Waals surface area contributed by atoms with Gasteiger partial charge in [-0.25, -0.2) is 22.3 Å². The van der Waals surface area contributed by atoms with Crippen molar-refractivity contribution >= 4 is 15.9 Å². The molecule has 0 spiro atoms. The Morgan fingerprint density at radius 1 is 1.38 bits per heavy atom. The number of hydrogen-bond acceptors (Lipinski definition) is 3. The first kappa shape index (κ1) is 12.5. The molecule has 0 aromatic heterocycles. The van der Waals surface area contributed by atoms with E-state index in [-0.39, 0.29) is 0 Å². The molecule has 3 N–H and O–H groups in total. The smallest absolute Gasteiger partial charge is 0.254 e. The molecule has 8 heteroatoms. The zero-order valence-electron chi connectivity index (χ0n) is 8.12. The lowest BCUT2D eigenvalue weighted by atomic mass is 10.2. The molecule has 0 aliphatic carbocycles. The molecule has 16 heavy (non-hydrogen) atoms. The Bertz CT molecular complexity index is 542. The maximum Gasteiger partial charge on any atom is 0.254 e. The van der Waals surface area contributed by atoms with Gasteiger partial charge in [0.1, 0.15) is 0 Å². The van der Waals surface area contributed by atoms with Crippen LogP contribution in [0.25, 0.3) is 0 Å². The summed E-state index contributed by atoms with van der Waals surface area (Å²) >= 11 is 0. The minimum Gasteiger partial charge on any atom is -0.355 e. The number of halogens is 2. The largest absolute Gasteiger partial charge is 0.355 e. The van der Waals surface area contributed by atoms with Crippen LogP contribution in [0.1, 0.15) is 10.4 Å². The Balaban J connectivity index is 3.51. The number of carbonyl (C=O) groups excluding carboxylic acids is 1. The molecule has 0 saturated heterocycles. The van der Waals surface area contributed by atoms with E-state index >= 15 is 0 Å². The lowest BCUT2D eigenvalue weighted by Crippen LogP contribution is -2.21. The van der Waals surface area contributed by atoms with Crippen LogP contribution in [0.5, 0.6) is 0 Å². The van der Waals surface area contributed by atoms with E-state index in [0.717, 1.165) is 0 Å². The molecule has 1 aromatic carbocycles. The van der Waals surface area contributed by atoms with E-state index in [1.165, 1.54) is 7.05 Å². The van der Waals surface area contributed by atoms with Crippen molar-refractivity contribution < 1.29 is 22.0 Å². The van der Waals surface area contributed by atoms with E-state index in [2.05, 4.69) is 0 Å². The molecule has 0 unspecified atom stereocenters. The molecule has 0 saturated carbocycles. The van der Waals surface area contributed by atoms with Crippen LogP contribution >= 0.6 is 0 Å². The van der Waals surface area contributed by atoms with Crippen molar-refractivity contribution in [1.82, 2.24) is 5.32 Å². The SMILES string of the molecule is CNC(=O)c1cc(S(N)(=O)=O)cc(F)c1F. The second kappa shape index (κ2) is 4.14. The van der Waals surface area contributed by atoms with Crippen molar-refractivity contribution in [2.24, 2.45) is 5.14 Å². The van der Waals surface area contributed by atoms with Gasteiger partial charge in [-0.3, -0.25) is 4.79 Å². The summed E-state index contributed by atoms with van der Waals surface area (Å²) in [5.41, 5.74) is -0.716. The van der Waals surface area contributed by atoms with Gasteiger partial charge >= 0.3 is 0 Å². The lowest BCUT2D eigenvalue weighted by Gasteiger charge is -2.05. The van der Waals surface area contributed by atoms with E-state index in [9.17, 15) is 22.0 Å². The summed E-state index contributed by atoms with van der Waals surface area (Å²) in [7, 11) is -3.00. The summed E-state index contributed by atoms with van der Waals surface area (Å²) in [6, 6.07) is 1.09. The van der Waals surface area contributed by atoms with Crippen molar-refractivity contribution in [2.75, 3.05) is 7.05 Å². The highest BCUT2D eigenvalue weighted by molar-refractivity contribution is 7.89. The molecular weight excluding hydrogens is 242 g/mol. The first-order valence-corrected chi connectivity index (χ1v) is 5.56. The van der Waals surface area contributed by atoms with Crippen molar-refractivity contribution in [3.63, 3.8) is 0 Å². The summed E-state index contributed by atoms with van der Waals surface area (Å²) in [6.07, 6.45) is 0. The van der Waals surface area contributed by atoms with Gasteiger partial charge in [-0.15, -0.1) is 0 Å². The fourth-order valence-corrected chi connectivity index (χ4v) is 1.58. The number of rotatable bonds is 2. The Labute approximate surface area is 90.3 Å². The van der Waals surface area contributed by atoms with Gasteiger partial charge in [0.25, 0.3) is 5.91 Å². The third-order valence-corrected chi connectivity index (χ3v) is 2.69. The summed E-state index contributed by atoms with van der Waals surface area (Å²) in [6.45, 7) is 0. The van der Waals surface area contributed by atoms with Gasteiger partial charge in [0.15, 0.2) is 11.6 Å². The molecule has 0 bridgehead atoms. The topological polar surface area (TPSA) is 89.3 Å². The molecule has 0 aliphatic heterocycles. The number of hydrogen-bond donors (Lipinski definition) is 2. The van der Waals surface area contributed by atoms with Gasteiger partial charge in [-0.05, 0) is 12.1 Å². The number of primary sulfonamides is 1. The fraction of sp³-hybridized carbons (Fsp3) is 0.125. The van der Waals surface area contributed by atoms with Crippen molar-refractivity contribution in [1.29, 1.82) is 0 Å². The maximum absolute atomic E-state index is 13.1. The lowest BCUT2D eigenvalue weighted by molar-refractivity contribution is 0.0957. The second-order valence-electron chi connectivity index (χ2n) is 2.89. The molecule has 88 valence electrons. The number of amides is 1. The molecule has 5 nitrogen and oxygen atoms in total. The summed E-state index contributed by atoms with van der Waals surface area (Å²) in [4.78, 5) is 10.5. The van der Waals surface area contributed by atoms with Crippen LogP contribution in [-0.4, -0.2) is 21.4 Å². The number of sulfonamides is 1. The van der Waals surface area contributed by atoms with Crippen molar-refractivity contribution in [2.45, 2.75) is 4.90 Å². The average Bonchev–Trinajstić information content (AvgIpc) is 2.19. The van der Waals surface area contributed by atoms with Crippen LogP contribution < -0.4 is 10.5 Å². The summed E-state index contributed by atoms with van der Waals surface area (Å²) in [5.74, 6) is -3.82. The van der Waals surface area contributed by atoms with Gasteiger partial charge in [0, 0.05) is 7.05 Å². The number of benzene rings is 1. The van der Waals surface area contributed by atoms with Gasteiger partial charge < -0.3 is 5.32 Å². The minimum atomic E-state index is -4.19. The Hall–Kier alpha value is -1.54. The molecule has 1 amide bonds. The van der Waals surface area contributed by atoms with Crippen LogP contribution in [0.2, 0.25) is 0 Å². The quantitative estimate of drug-likeness (QED) is 0.772. The highest BCUT2D eigenvalue weighted by Gasteiger charge is 2.20. The van der Waals surface area contributed by atoms with E-state index in [1.807, 2.05) is 5.32 Å². The predicted molar refractivity (Wildman–Crippen MR) is 51.1 cm³/mol. The van der Waals surface area contributed by atoms with E-state index < -0.39 is 38.0 Å². The van der Waals surface area contributed by atoms with E-state index in [0.29, 0.717) is 12.1 Å². The van der Waals surface area contributed by atoms with E-state index in [1.54, 1.807) is 0 Å². The van der Waals surface area contributed by atoms with Gasteiger partial charge in [-0.2, -0.15) is 0 Å². The number of carbonyl (C=O) groups is 1. The Kier molecular flexibility index (Phi) is 3.24. The molecule has 0 fully saturated rings. The molecule has 1 aromatic rings. The normalized spacial score (nSPS) is 11.2. The monoisotopic (exact) mass is 250 g/mol. The fourth-order valence-electron chi connectivity index (χ4n) is 1.03. The van der Waals surface area contributed by atoms with E-state index in [4.69, 9.17) is 5.14 Å².